The van der Waals surface area contributed by atoms with Crippen LogP contribution in [0.5, 0.6) is 0 Å². The van der Waals surface area contributed by atoms with Gasteiger partial charge in [0.25, 0.3) is 0 Å². The van der Waals surface area contributed by atoms with Crippen LogP contribution < -0.4 is 0 Å². The van der Waals surface area contributed by atoms with E-state index in [0.717, 1.165) is 0 Å². The average molecular weight is 82.8 g/mol. The second-order valence-electron chi connectivity index (χ2n) is 0.588. The van der Waals surface area contributed by atoms with Gasteiger partial charge in [0.15, 0.2) is 0 Å². The average Bonchev–Trinajstić information content (AvgIpc) is 0.722. The Labute approximate surface area is 27.1 Å². The molecule has 0 saturated heterocycles. The van der Waals surface area contributed by atoms with Crippen molar-refractivity contribution in [1.29, 1.82) is 0 Å². The van der Waals surface area contributed by atoms with Crippen molar-refractivity contribution < 1.29 is 18.7 Å². The zero-order valence-electron chi connectivity index (χ0n) is 2.23. The second-order valence-corrected chi connectivity index (χ2v) is 0.588. The predicted molar refractivity (Wildman–Crippen MR) is 12.4 cm³/mol. The highest BCUT2D eigenvalue weighted by molar-refractivity contribution is 6.48. The highest BCUT2D eigenvalue weighted by Gasteiger charge is 2.13. The van der Waals surface area contributed by atoms with Crippen molar-refractivity contribution in [2.75, 3.05) is 0 Å². The van der Waals surface area contributed by atoms with E-state index in [-0.39, 0.29) is 0 Å². The molecule has 5 heteroatoms. The molecule has 0 aliphatic heterocycles. The molecule has 0 heterocycles. The Balaban J connectivity index is 3.02. The quantitative estimate of drug-likeness (QED) is 0.382. The first-order valence-electron chi connectivity index (χ1n) is 0.953. The molecule has 0 aromatic heterocycles. The van der Waals surface area contributed by atoms with Crippen LogP contribution in [0.2, 0.25) is 0 Å². The maximum absolute atomic E-state index is 10.2. The van der Waals surface area contributed by atoms with Gasteiger partial charge in [-0.2, -0.15) is 0 Å². The molecule has 0 aromatic rings. The SMILES string of the molecule is O[B-](O)(F)F. The molecule has 0 spiro atoms. The lowest BCUT2D eigenvalue weighted by Gasteiger charge is -2.01. The molecule has 0 aliphatic rings. The maximum Gasteiger partial charge on any atom is 0.597 e. The summed E-state index contributed by atoms with van der Waals surface area (Å²) in [7, 11) is -5.00. The summed E-state index contributed by atoms with van der Waals surface area (Å²) in [5.41, 5.74) is 0. The Morgan fingerprint density at radius 3 is 1.20 bits per heavy atom. The van der Waals surface area contributed by atoms with Crippen molar-refractivity contribution in [3.63, 3.8) is 0 Å². The van der Waals surface area contributed by atoms with Gasteiger partial charge in [-0.15, -0.1) is 0 Å². The summed E-state index contributed by atoms with van der Waals surface area (Å²) in [6.07, 6.45) is 0. The molecule has 0 aliphatic carbocycles. The third-order valence-corrected chi connectivity index (χ3v) is 0. The van der Waals surface area contributed by atoms with Gasteiger partial charge in [0.1, 0.15) is 0 Å². The van der Waals surface area contributed by atoms with E-state index in [2.05, 4.69) is 0 Å². The van der Waals surface area contributed by atoms with Gasteiger partial charge in [-0.05, 0) is 0 Å². The smallest absolute Gasteiger partial charge is 0.526 e. The van der Waals surface area contributed by atoms with Crippen molar-refractivity contribution in [2.45, 2.75) is 0 Å². The van der Waals surface area contributed by atoms with E-state index in [1.165, 1.54) is 0 Å². The minimum atomic E-state index is -5.00. The first-order chi connectivity index (χ1) is 2.00. The molecule has 0 saturated carbocycles. The lowest BCUT2D eigenvalue weighted by molar-refractivity contribution is 0.219. The molecule has 0 fully saturated rings. The third kappa shape index (κ3) is 544. The Hall–Kier alpha value is -0.155. The van der Waals surface area contributed by atoms with Crippen molar-refractivity contribution in [1.82, 2.24) is 0 Å². The first kappa shape index (κ1) is 4.84. The zero-order valence-corrected chi connectivity index (χ0v) is 2.23. The van der Waals surface area contributed by atoms with Crippen LogP contribution in [0.25, 0.3) is 0 Å². The Kier molecular flexibility index (Phi) is 0.883. The molecular weight excluding hydrogens is 80.8 g/mol. The van der Waals surface area contributed by atoms with Crippen LogP contribution in [0, 0.1) is 0 Å². The van der Waals surface area contributed by atoms with Crippen LogP contribution in [-0.2, 0) is 0 Å². The fourth-order valence-corrected chi connectivity index (χ4v) is 0. The van der Waals surface area contributed by atoms with E-state index in [0.29, 0.717) is 0 Å². The van der Waals surface area contributed by atoms with Crippen molar-refractivity contribution in [3.05, 3.63) is 0 Å². The van der Waals surface area contributed by atoms with Crippen LogP contribution in [0.4, 0.5) is 8.63 Å². The molecule has 0 bridgehead atoms. The van der Waals surface area contributed by atoms with Gasteiger partial charge in [0.2, 0.25) is 0 Å². The largest absolute Gasteiger partial charge is 0.597 e. The third-order valence-electron chi connectivity index (χ3n) is 0. The van der Waals surface area contributed by atoms with Crippen LogP contribution in [0.1, 0.15) is 0 Å². The van der Waals surface area contributed by atoms with Crippen molar-refractivity contribution >= 4 is 7.11 Å². The molecule has 0 radical (unpaired) electrons. The van der Waals surface area contributed by atoms with Crippen LogP contribution in [-0.4, -0.2) is 17.2 Å². The summed E-state index contributed by atoms with van der Waals surface area (Å²) in [5.74, 6) is 0. The summed E-state index contributed by atoms with van der Waals surface area (Å²) < 4.78 is 20.4. The second kappa shape index (κ2) is 0.911. The van der Waals surface area contributed by atoms with Crippen LogP contribution in [0.15, 0.2) is 0 Å². The van der Waals surface area contributed by atoms with Gasteiger partial charge in [0.05, 0.1) is 0 Å². The predicted octanol–water partition coefficient (Wildman–Crippen LogP) is -0.654. The summed E-state index contributed by atoms with van der Waals surface area (Å²) in [5, 5.41) is 13.6. The lowest BCUT2D eigenvalue weighted by atomic mass is 10.2. The summed E-state index contributed by atoms with van der Waals surface area (Å²) in [4.78, 5) is 0. The number of hydrogen-bond acceptors (Lipinski definition) is 2. The van der Waals surface area contributed by atoms with Crippen molar-refractivity contribution in [2.24, 2.45) is 0 Å². The highest BCUT2D eigenvalue weighted by Crippen LogP contribution is 1.89. The summed E-state index contributed by atoms with van der Waals surface area (Å²) >= 11 is 0. The Morgan fingerprint density at radius 1 is 1.20 bits per heavy atom. The minimum Gasteiger partial charge on any atom is -0.526 e. The molecule has 0 unspecified atom stereocenters. The normalized spacial score (nSPS) is 12.0. The topological polar surface area (TPSA) is 40.5 Å². The van der Waals surface area contributed by atoms with Crippen molar-refractivity contribution in [3.8, 4) is 0 Å². The lowest BCUT2D eigenvalue weighted by Crippen LogP contribution is -2.19. The van der Waals surface area contributed by atoms with E-state index in [1.807, 2.05) is 0 Å². The fourth-order valence-electron chi connectivity index (χ4n) is 0. The Morgan fingerprint density at radius 2 is 1.20 bits per heavy atom. The van der Waals surface area contributed by atoms with Gasteiger partial charge in [0, 0.05) is 0 Å². The van der Waals surface area contributed by atoms with Gasteiger partial charge in [-0.1, -0.05) is 0 Å². The zero-order chi connectivity index (χ0) is 4.50. The fraction of sp³-hybridized carbons (Fsp3) is 0. The van der Waals surface area contributed by atoms with Crippen LogP contribution >= 0.6 is 0 Å². The first-order valence-corrected chi connectivity index (χ1v) is 0.953. The van der Waals surface area contributed by atoms with E-state index in [1.54, 1.807) is 0 Å². The molecule has 0 aromatic carbocycles. The van der Waals surface area contributed by atoms with Gasteiger partial charge in [-0.25, -0.2) is 0 Å². The molecule has 5 heavy (non-hydrogen) atoms. The molecule has 32 valence electrons. The molecule has 0 rings (SSSR count). The van der Waals surface area contributed by atoms with E-state index >= 15 is 0 Å². The van der Waals surface area contributed by atoms with Gasteiger partial charge >= 0.3 is 7.11 Å². The van der Waals surface area contributed by atoms with E-state index < -0.39 is 7.11 Å². The molecule has 0 amide bonds. The standard InChI is InChI=1S/BF2H2O2/c2-1(3,4)5/h4-5H/q-1. The van der Waals surface area contributed by atoms with Gasteiger partial charge in [-0.3, -0.25) is 0 Å². The molecule has 0 atom stereocenters. The number of rotatable bonds is 0. The van der Waals surface area contributed by atoms with E-state index in [9.17, 15) is 8.63 Å². The Bertz CT molecular complexity index is 23.1. The summed E-state index contributed by atoms with van der Waals surface area (Å²) in [6, 6.07) is 0. The molecule has 2 nitrogen and oxygen atoms in total. The maximum atomic E-state index is 10.2. The number of hydrogen-bond donors (Lipinski definition) is 2. The summed E-state index contributed by atoms with van der Waals surface area (Å²) in [6.45, 7) is 0. The van der Waals surface area contributed by atoms with Crippen LogP contribution in [0.3, 0.4) is 0 Å². The van der Waals surface area contributed by atoms with E-state index in [4.69, 9.17) is 10.0 Å². The minimum absolute atomic E-state index is 5.00. The molecular formula is H2BF2O2-. The highest BCUT2D eigenvalue weighted by atomic mass is 19.3. The number of halogens is 2. The molecule has 2 N–H and O–H groups in total. The monoisotopic (exact) mass is 83.0 g/mol. The van der Waals surface area contributed by atoms with Gasteiger partial charge < -0.3 is 18.7 Å².